The summed E-state index contributed by atoms with van der Waals surface area (Å²) in [4.78, 5) is 6.75. The monoisotopic (exact) mass is 265 g/mol. The number of nitrogens with zero attached hydrogens (tertiary/aromatic N) is 2. The fourth-order valence-electron chi connectivity index (χ4n) is 3.04. The zero-order valence-electron chi connectivity index (χ0n) is 11.8. The minimum Gasteiger partial charge on any atom is -0.330 e. The molecule has 1 aromatic heterocycles. The molecule has 0 aliphatic carbocycles. The van der Waals surface area contributed by atoms with Gasteiger partial charge in [-0.25, -0.2) is 4.39 Å². The van der Waals surface area contributed by atoms with Crippen molar-refractivity contribution in [2.45, 2.75) is 45.2 Å². The summed E-state index contributed by atoms with van der Waals surface area (Å²) in [6.45, 7) is 6.19. The number of pyridine rings is 1. The highest BCUT2D eigenvalue weighted by atomic mass is 19.1. The fourth-order valence-corrected chi connectivity index (χ4v) is 3.04. The molecule has 1 aliphatic heterocycles. The summed E-state index contributed by atoms with van der Waals surface area (Å²) in [5, 5.41) is 0. The third-order valence-electron chi connectivity index (χ3n) is 4.24. The van der Waals surface area contributed by atoms with Crippen LogP contribution in [0.5, 0.6) is 0 Å². The first kappa shape index (κ1) is 14.4. The van der Waals surface area contributed by atoms with Crippen molar-refractivity contribution in [2.75, 3.05) is 13.1 Å². The van der Waals surface area contributed by atoms with E-state index in [1.54, 1.807) is 0 Å². The van der Waals surface area contributed by atoms with Gasteiger partial charge in [-0.15, -0.1) is 0 Å². The van der Waals surface area contributed by atoms with Crippen LogP contribution in [-0.4, -0.2) is 29.0 Å². The Hall–Kier alpha value is -1.00. The van der Waals surface area contributed by atoms with Crippen molar-refractivity contribution in [2.24, 2.45) is 11.7 Å². The summed E-state index contributed by atoms with van der Waals surface area (Å²) >= 11 is 0. The minimum absolute atomic E-state index is 0.268. The molecule has 0 aromatic carbocycles. The highest BCUT2D eigenvalue weighted by molar-refractivity contribution is 5.11. The summed E-state index contributed by atoms with van der Waals surface area (Å²) in [7, 11) is 0. The molecule has 1 aromatic rings. The molecule has 2 rings (SSSR count). The van der Waals surface area contributed by atoms with Crippen LogP contribution >= 0.6 is 0 Å². The van der Waals surface area contributed by atoms with Crippen LogP contribution in [0.25, 0.3) is 0 Å². The molecule has 0 bridgehead atoms. The second-order valence-electron chi connectivity index (χ2n) is 5.55. The van der Waals surface area contributed by atoms with E-state index in [4.69, 9.17) is 5.73 Å². The Balaban J connectivity index is 2.17. The van der Waals surface area contributed by atoms with Crippen molar-refractivity contribution in [1.29, 1.82) is 0 Å². The maximum atomic E-state index is 13.0. The molecule has 0 amide bonds. The highest BCUT2D eigenvalue weighted by Gasteiger charge is 2.30. The van der Waals surface area contributed by atoms with Crippen molar-refractivity contribution in [1.82, 2.24) is 9.88 Å². The molecule has 3 atom stereocenters. The molecule has 106 valence electrons. The predicted octanol–water partition coefficient (Wildman–Crippen LogP) is 2.73. The first-order valence-corrected chi connectivity index (χ1v) is 7.23. The smallest absolute Gasteiger partial charge is 0.141 e. The van der Waals surface area contributed by atoms with Crippen molar-refractivity contribution < 1.29 is 4.39 Å². The second-order valence-corrected chi connectivity index (χ2v) is 5.55. The summed E-state index contributed by atoms with van der Waals surface area (Å²) in [5.74, 6) is 0.302. The standard InChI is InChI=1S/C15H24FN3/c1-3-15(14-7-6-13(16)9-18-14)19-10-12(8-17)5-4-11(19)2/h6-7,9,11-12,15H,3-5,8,10,17H2,1-2H3. The van der Waals surface area contributed by atoms with Crippen LogP contribution in [-0.2, 0) is 0 Å². The fraction of sp³-hybridized carbons (Fsp3) is 0.667. The van der Waals surface area contributed by atoms with E-state index in [1.807, 2.05) is 6.07 Å². The highest BCUT2D eigenvalue weighted by Crippen LogP contribution is 2.31. The van der Waals surface area contributed by atoms with Crippen LogP contribution < -0.4 is 5.73 Å². The van der Waals surface area contributed by atoms with Crippen molar-refractivity contribution in [3.8, 4) is 0 Å². The Kier molecular flexibility index (Phi) is 4.88. The number of hydrogen-bond acceptors (Lipinski definition) is 3. The van der Waals surface area contributed by atoms with E-state index in [9.17, 15) is 4.39 Å². The van der Waals surface area contributed by atoms with Gasteiger partial charge in [-0.2, -0.15) is 0 Å². The topological polar surface area (TPSA) is 42.2 Å². The first-order valence-electron chi connectivity index (χ1n) is 7.23. The van der Waals surface area contributed by atoms with Crippen LogP contribution in [0.15, 0.2) is 18.3 Å². The van der Waals surface area contributed by atoms with Crippen molar-refractivity contribution in [3.63, 3.8) is 0 Å². The molecule has 1 aliphatic rings. The number of piperidine rings is 1. The molecule has 0 spiro atoms. The summed E-state index contributed by atoms with van der Waals surface area (Å²) in [6, 6.07) is 4.12. The lowest BCUT2D eigenvalue weighted by Crippen LogP contribution is -2.45. The maximum absolute atomic E-state index is 13.0. The summed E-state index contributed by atoms with van der Waals surface area (Å²) < 4.78 is 13.0. The molecule has 2 N–H and O–H groups in total. The third-order valence-corrected chi connectivity index (χ3v) is 4.24. The van der Waals surface area contributed by atoms with Crippen LogP contribution in [0.4, 0.5) is 4.39 Å². The normalized spacial score (nSPS) is 26.3. The number of aromatic nitrogens is 1. The van der Waals surface area contributed by atoms with Crippen LogP contribution in [0.1, 0.15) is 44.8 Å². The molecule has 2 heterocycles. The van der Waals surface area contributed by atoms with Crippen LogP contribution in [0, 0.1) is 11.7 Å². The molecule has 1 saturated heterocycles. The van der Waals surface area contributed by atoms with Gasteiger partial charge in [-0.3, -0.25) is 9.88 Å². The van der Waals surface area contributed by atoms with E-state index < -0.39 is 0 Å². The summed E-state index contributed by atoms with van der Waals surface area (Å²) in [5.41, 5.74) is 6.79. The van der Waals surface area contributed by atoms with Gasteiger partial charge < -0.3 is 5.73 Å². The van der Waals surface area contributed by atoms with E-state index in [0.717, 1.165) is 25.2 Å². The van der Waals surface area contributed by atoms with E-state index >= 15 is 0 Å². The Labute approximate surface area is 115 Å². The number of halogens is 1. The van der Waals surface area contributed by atoms with Gasteiger partial charge in [0.1, 0.15) is 5.82 Å². The Bertz CT molecular complexity index is 393. The zero-order chi connectivity index (χ0) is 13.8. The average Bonchev–Trinajstić information content (AvgIpc) is 2.43. The van der Waals surface area contributed by atoms with Gasteiger partial charge in [0.15, 0.2) is 0 Å². The molecule has 0 radical (unpaired) electrons. The molecule has 3 nitrogen and oxygen atoms in total. The number of likely N-dealkylation sites (tertiary alicyclic amines) is 1. The van der Waals surface area contributed by atoms with Gasteiger partial charge in [0.05, 0.1) is 17.9 Å². The lowest BCUT2D eigenvalue weighted by atomic mass is 9.91. The second kappa shape index (κ2) is 6.44. The van der Waals surface area contributed by atoms with Crippen molar-refractivity contribution in [3.05, 3.63) is 29.8 Å². The van der Waals surface area contributed by atoms with Gasteiger partial charge in [-0.05, 0) is 50.8 Å². The SMILES string of the molecule is CCC(c1ccc(F)cn1)N1CC(CN)CCC1C. The largest absolute Gasteiger partial charge is 0.330 e. The van der Waals surface area contributed by atoms with Gasteiger partial charge in [0, 0.05) is 12.6 Å². The zero-order valence-corrected chi connectivity index (χ0v) is 11.8. The number of hydrogen-bond donors (Lipinski definition) is 1. The van der Waals surface area contributed by atoms with Gasteiger partial charge in [-0.1, -0.05) is 6.92 Å². The quantitative estimate of drug-likeness (QED) is 0.910. The van der Waals surface area contributed by atoms with E-state index in [0.29, 0.717) is 12.0 Å². The van der Waals surface area contributed by atoms with Crippen LogP contribution in [0.3, 0.4) is 0 Å². The Morgan fingerprint density at radius 2 is 2.26 bits per heavy atom. The van der Waals surface area contributed by atoms with Gasteiger partial charge >= 0.3 is 0 Å². The lowest BCUT2D eigenvalue weighted by Gasteiger charge is -2.42. The summed E-state index contributed by atoms with van der Waals surface area (Å²) in [6.07, 6.45) is 4.69. The van der Waals surface area contributed by atoms with Crippen molar-refractivity contribution >= 4 is 0 Å². The van der Waals surface area contributed by atoms with Crippen LogP contribution in [0.2, 0.25) is 0 Å². The molecule has 4 heteroatoms. The van der Waals surface area contributed by atoms with Gasteiger partial charge in [0.2, 0.25) is 0 Å². The third kappa shape index (κ3) is 3.31. The van der Waals surface area contributed by atoms with E-state index in [-0.39, 0.29) is 11.9 Å². The molecule has 1 fully saturated rings. The molecular weight excluding hydrogens is 241 g/mol. The lowest BCUT2D eigenvalue weighted by molar-refractivity contribution is 0.0692. The van der Waals surface area contributed by atoms with E-state index in [1.165, 1.54) is 25.1 Å². The Morgan fingerprint density at radius 3 is 2.84 bits per heavy atom. The van der Waals surface area contributed by atoms with Gasteiger partial charge in [0.25, 0.3) is 0 Å². The predicted molar refractivity (Wildman–Crippen MR) is 75.2 cm³/mol. The molecule has 0 saturated carbocycles. The minimum atomic E-state index is -0.273. The number of nitrogens with two attached hydrogens (primary N) is 1. The average molecular weight is 265 g/mol. The Morgan fingerprint density at radius 1 is 1.47 bits per heavy atom. The maximum Gasteiger partial charge on any atom is 0.141 e. The molecular formula is C15H24FN3. The molecule has 3 unspecified atom stereocenters. The van der Waals surface area contributed by atoms with E-state index in [2.05, 4.69) is 23.7 Å². The number of rotatable bonds is 4. The molecule has 19 heavy (non-hydrogen) atoms. The first-order chi connectivity index (χ1) is 9.15.